The van der Waals surface area contributed by atoms with Crippen LogP contribution in [0.5, 0.6) is 0 Å². The molecule has 1 aromatic rings. The van der Waals surface area contributed by atoms with Crippen molar-refractivity contribution in [2.45, 2.75) is 26.3 Å². The number of rotatable bonds is 3. The summed E-state index contributed by atoms with van der Waals surface area (Å²) in [4.78, 5) is 2.45. The maximum atomic E-state index is 8.81. The zero-order valence-corrected chi connectivity index (χ0v) is 10.5. The smallest absolute Gasteiger partial charge is 0.0584 e. The Morgan fingerprint density at radius 2 is 2.12 bits per heavy atom. The maximum Gasteiger partial charge on any atom is 0.0584 e. The van der Waals surface area contributed by atoms with Gasteiger partial charge in [-0.05, 0) is 32.4 Å². The molecule has 0 saturated carbocycles. The molecule has 1 N–H and O–H groups in total. The Labute approximate surface area is 103 Å². The summed E-state index contributed by atoms with van der Waals surface area (Å²) < 4.78 is 0. The summed E-state index contributed by atoms with van der Waals surface area (Å²) in [7, 11) is 0. The fourth-order valence-electron chi connectivity index (χ4n) is 2.50. The Balaban J connectivity index is 2.02. The quantitative estimate of drug-likeness (QED) is 0.494. The summed E-state index contributed by atoms with van der Waals surface area (Å²) >= 11 is 0. The van der Waals surface area contributed by atoms with E-state index in [9.17, 15) is 0 Å². The van der Waals surface area contributed by atoms with Crippen LogP contribution in [0.4, 0.5) is 0 Å². The highest BCUT2D eigenvalue weighted by atomic mass is 16.4. The van der Waals surface area contributed by atoms with Crippen molar-refractivity contribution < 1.29 is 5.21 Å². The number of nitrogens with zero attached hydrogens (tertiary/aromatic N) is 2. The molecule has 1 heterocycles. The summed E-state index contributed by atoms with van der Waals surface area (Å²) in [6.45, 7) is 6.21. The Bertz CT molecular complexity index is 388. The second kappa shape index (κ2) is 5.32. The number of likely N-dealkylation sites (tertiary alicyclic amines) is 1. The third kappa shape index (κ3) is 2.67. The van der Waals surface area contributed by atoms with E-state index >= 15 is 0 Å². The lowest BCUT2D eigenvalue weighted by atomic mass is 10.0. The van der Waals surface area contributed by atoms with Gasteiger partial charge in [0, 0.05) is 18.5 Å². The molecular formula is C14H20N2O. The second-order valence-electron chi connectivity index (χ2n) is 4.81. The van der Waals surface area contributed by atoms with E-state index < -0.39 is 0 Å². The molecule has 1 fully saturated rings. The van der Waals surface area contributed by atoms with Gasteiger partial charge in [0.2, 0.25) is 0 Å². The van der Waals surface area contributed by atoms with Gasteiger partial charge in [-0.25, -0.2) is 0 Å². The van der Waals surface area contributed by atoms with E-state index in [0.29, 0.717) is 12.0 Å². The van der Waals surface area contributed by atoms with Gasteiger partial charge in [0.15, 0.2) is 0 Å². The molecule has 1 aliphatic rings. The van der Waals surface area contributed by atoms with Gasteiger partial charge in [0.1, 0.15) is 0 Å². The average molecular weight is 232 g/mol. The van der Waals surface area contributed by atoms with Gasteiger partial charge in [0.05, 0.1) is 5.71 Å². The fourth-order valence-corrected chi connectivity index (χ4v) is 2.50. The summed E-state index contributed by atoms with van der Waals surface area (Å²) in [6.07, 6.45) is 1.09. The second-order valence-corrected chi connectivity index (χ2v) is 4.81. The first kappa shape index (κ1) is 12.1. The van der Waals surface area contributed by atoms with Gasteiger partial charge < -0.3 is 5.21 Å². The first-order valence-electron chi connectivity index (χ1n) is 6.20. The molecule has 17 heavy (non-hydrogen) atoms. The summed E-state index contributed by atoms with van der Waals surface area (Å²) in [5, 5.41) is 12.1. The van der Waals surface area contributed by atoms with Crippen LogP contribution in [0.3, 0.4) is 0 Å². The van der Waals surface area contributed by atoms with Crippen LogP contribution >= 0.6 is 0 Å². The third-order valence-electron chi connectivity index (χ3n) is 3.80. The van der Waals surface area contributed by atoms with E-state index in [1.165, 1.54) is 5.56 Å². The molecule has 0 aromatic heterocycles. The third-order valence-corrected chi connectivity index (χ3v) is 3.80. The zero-order chi connectivity index (χ0) is 12.3. The molecule has 3 heteroatoms. The van der Waals surface area contributed by atoms with E-state index in [2.05, 4.69) is 41.2 Å². The van der Waals surface area contributed by atoms with Crippen LogP contribution in [0.25, 0.3) is 0 Å². The monoisotopic (exact) mass is 232 g/mol. The Kier molecular flexibility index (Phi) is 3.79. The summed E-state index contributed by atoms with van der Waals surface area (Å²) in [5.74, 6) is 0.408. The molecular weight excluding hydrogens is 212 g/mol. The van der Waals surface area contributed by atoms with Gasteiger partial charge >= 0.3 is 0 Å². The normalized spacial score (nSPS) is 23.9. The Morgan fingerprint density at radius 1 is 1.41 bits per heavy atom. The van der Waals surface area contributed by atoms with Crippen LogP contribution in [-0.4, -0.2) is 28.9 Å². The van der Waals surface area contributed by atoms with Gasteiger partial charge in [-0.15, -0.1) is 0 Å². The van der Waals surface area contributed by atoms with Crippen molar-refractivity contribution in [2.24, 2.45) is 11.1 Å². The van der Waals surface area contributed by atoms with Crippen molar-refractivity contribution in [3.8, 4) is 0 Å². The molecule has 1 aliphatic heterocycles. The maximum absolute atomic E-state index is 8.81. The minimum atomic E-state index is 0.408. The van der Waals surface area contributed by atoms with Crippen molar-refractivity contribution in [2.75, 3.05) is 13.1 Å². The fraction of sp³-hybridized carbons (Fsp3) is 0.500. The number of oxime groups is 1. The molecule has 1 aromatic carbocycles. The van der Waals surface area contributed by atoms with Crippen molar-refractivity contribution in [3.63, 3.8) is 0 Å². The molecule has 0 radical (unpaired) electrons. The van der Waals surface area contributed by atoms with Gasteiger partial charge in [-0.3, -0.25) is 4.90 Å². The molecule has 2 atom stereocenters. The number of hydrogen-bond acceptors (Lipinski definition) is 3. The predicted molar refractivity (Wildman–Crippen MR) is 69.4 cm³/mol. The highest BCUT2D eigenvalue weighted by Crippen LogP contribution is 2.27. The van der Waals surface area contributed by atoms with E-state index in [0.717, 1.165) is 25.2 Å². The number of benzene rings is 1. The van der Waals surface area contributed by atoms with Crippen LogP contribution in [0.1, 0.15) is 31.9 Å². The van der Waals surface area contributed by atoms with Gasteiger partial charge in [0.25, 0.3) is 0 Å². The molecule has 0 spiro atoms. The largest absolute Gasteiger partial charge is 0.411 e. The van der Waals surface area contributed by atoms with Crippen LogP contribution in [-0.2, 0) is 0 Å². The molecule has 92 valence electrons. The SMILES string of the molecule is CC(=NO)[C@@H]1CCN([C@@H](C)c2ccccc2)C1. The Morgan fingerprint density at radius 3 is 2.76 bits per heavy atom. The number of hydrogen-bond donors (Lipinski definition) is 1. The molecule has 0 bridgehead atoms. The van der Waals surface area contributed by atoms with Gasteiger partial charge in [-0.2, -0.15) is 0 Å². The van der Waals surface area contributed by atoms with E-state index in [1.807, 2.05) is 13.0 Å². The minimum Gasteiger partial charge on any atom is -0.411 e. The van der Waals surface area contributed by atoms with Crippen molar-refractivity contribution >= 4 is 5.71 Å². The van der Waals surface area contributed by atoms with Gasteiger partial charge in [-0.1, -0.05) is 35.5 Å². The highest BCUT2D eigenvalue weighted by Gasteiger charge is 2.28. The summed E-state index contributed by atoms with van der Waals surface area (Å²) in [6, 6.07) is 11.0. The lowest BCUT2D eigenvalue weighted by molar-refractivity contribution is 0.258. The van der Waals surface area contributed by atoms with E-state index in [1.54, 1.807) is 0 Å². The summed E-state index contributed by atoms with van der Waals surface area (Å²) in [5.41, 5.74) is 2.21. The Hall–Kier alpha value is -1.35. The van der Waals surface area contributed by atoms with Crippen LogP contribution in [0.2, 0.25) is 0 Å². The molecule has 1 saturated heterocycles. The molecule has 0 aliphatic carbocycles. The van der Waals surface area contributed by atoms with Crippen LogP contribution < -0.4 is 0 Å². The molecule has 0 amide bonds. The molecule has 3 nitrogen and oxygen atoms in total. The van der Waals surface area contributed by atoms with Crippen molar-refractivity contribution in [1.29, 1.82) is 0 Å². The minimum absolute atomic E-state index is 0.408. The lowest BCUT2D eigenvalue weighted by Gasteiger charge is -2.24. The van der Waals surface area contributed by atoms with Crippen molar-refractivity contribution in [3.05, 3.63) is 35.9 Å². The van der Waals surface area contributed by atoms with Crippen LogP contribution in [0.15, 0.2) is 35.5 Å². The first-order valence-corrected chi connectivity index (χ1v) is 6.20. The lowest BCUT2D eigenvalue weighted by Crippen LogP contribution is -2.25. The van der Waals surface area contributed by atoms with Crippen LogP contribution in [0, 0.1) is 5.92 Å². The zero-order valence-electron chi connectivity index (χ0n) is 10.5. The van der Waals surface area contributed by atoms with Crippen molar-refractivity contribution in [1.82, 2.24) is 4.90 Å². The topological polar surface area (TPSA) is 35.8 Å². The highest BCUT2D eigenvalue weighted by molar-refractivity contribution is 5.84. The first-order chi connectivity index (χ1) is 8.22. The molecule has 2 rings (SSSR count). The predicted octanol–water partition coefficient (Wildman–Crippen LogP) is 2.92. The van der Waals surface area contributed by atoms with E-state index in [-0.39, 0.29) is 0 Å². The standard InChI is InChI=1S/C14H20N2O/c1-11(15-17)14-8-9-16(10-14)12(2)13-6-4-3-5-7-13/h3-7,12,14,17H,8-10H2,1-2H3/t12-,14+/m0/s1. The molecule has 0 unspecified atom stereocenters. The van der Waals surface area contributed by atoms with E-state index in [4.69, 9.17) is 5.21 Å². The average Bonchev–Trinajstić information content (AvgIpc) is 2.87.